The van der Waals surface area contributed by atoms with Crippen LogP contribution >= 0.6 is 12.6 Å². The first kappa shape index (κ1) is 9.98. The molecule has 0 aliphatic rings. The highest BCUT2D eigenvalue weighted by Crippen LogP contribution is 1.96. The van der Waals surface area contributed by atoms with E-state index in [1.165, 1.54) is 0 Å². The Morgan fingerprint density at radius 2 is 2.30 bits per heavy atom. The molecule has 0 unspecified atom stereocenters. The van der Waals surface area contributed by atoms with Gasteiger partial charge in [0.25, 0.3) is 0 Å². The molecular formula is C7H15NOS. The summed E-state index contributed by atoms with van der Waals surface area (Å²) < 4.78 is 0. The quantitative estimate of drug-likeness (QED) is 0.586. The number of nitrogens with one attached hydrogen (secondary N) is 1. The van der Waals surface area contributed by atoms with E-state index in [9.17, 15) is 4.79 Å². The van der Waals surface area contributed by atoms with Crippen LogP contribution in [-0.2, 0) is 4.79 Å². The van der Waals surface area contributed by atoms with Crippen LogP contribution < -0.4 is 5.32 Å². The lowest BCUT2D eigenvalue weighted by Crippen LogP contribution is -2.35. The topological polar surface area (TPSA) is 29.1 Å². The summed E-state index contributed by atoms with van der Waals surface area (Å²) in [5, 5.41) is 2.91. The van der Waals surface area contributed by atoms with Gasteiger partial charge in [0.2, 0.25) is 0 Å². The van der Waals surface area contributed by atoms with Gasteiger partial charge in [-0.15, -0.1) is 0 Å². The van der Waals surface area contributed by atoms with Gasteiger partial charge in [0, 0.05) is 12.2 Å². The number of rotatable bonds is 5. The van der Waals surface area contributed by atoms with Crippen LogP contribution in [0.3, 0.4) is 0 Å². The molecule has 0 heterocycles. The fourth-order valence-corrected chi connectivity index (χ4v) is 1.16. The first-order valence-electron chi connectivity index (χ1n) is 3.57. The van der Waals surface area contributed by atoms with Crippen molar-refractivity contribution in [1.29, 1.82) is 0 Å². The number of likely N-dealkylation sites (N-methyl/N-ethyl adjacent to an activating group) is 1. The van der Waals surface area contributed by atoms with Crippen LogP contribution in [0, 0.1) is 0 Å². The molecule has 1 atom stereocenters. The third-order valence-electron chi connectivity index (χ3n) is 1.42. The number of carbonyl (C=O) groups excluding carboxylic acids is 1. The molecule has 0 aromatic carbocycles. The van der Waals surface area contributed by atoms with Crippen LogP contribution in [-0.4, -0.2) is 24.6 Å². The van der Waals surface area contributed by atoms with Crippen molar-refractivity contribution in [2.75, 3.05) is 12.8 Å². The molecule has 60 valence electrons. The van der Waals surface area contributed by atoms with Gasteiger partial charge in [-0.2, -0.15) is 12.6 Å². The van der Waals surface area contributed by atoms with Gasteiger partial charge >= 0.3 is 0 Å². The summed E-state index contributed by atoms with van der Waals surface area (Å²) in [6, 6.07) is -0.0525. The molecule has 1 N–H and O–H groups in total. The average Bonchev–Trinajstić information content (AvgIpc) is 1.91. The SMILES string of the molecule is CCCC(=O)[C@H](CS)NC. The van der Waals surface area contributed by atoms with E-state index in [4.69, 9.17) is 0 Å². The smallest absolute Gasteiger partial charge is 0.150 e. The lowest BCUT2D eigenvalue weighted by molar-refractivity contribution is -0.120. The molecule has 3 heteroatoms. The van der Waals surface area contributed by atoms with Crippen LogP contribution in [0.5, 0.6) is 0 Å². The van der Waals surface area contributed by atoms with E-state index in [0.29, 0.717) is 12.2 Å². The highest BCUT2D eigenvalue weighted by Gasteiger charge is 2.11. The maximum Gasteiger partial charge on any atom is 0.150 e. The second-order valence-electron chi connectivity index (χ2n) is 2.24. The molecule has 0 aromatic rings. The maximum atomic E-state index is 11.1. The standard InChI is InChI=1S/C7H15NOS/c1-3-4-7(9)6(5-10)8-2/h6,8,10H,3-5H2,1-2H3/t6-/m0/s1. The Morgan fingerprint density at radius 1 is 1.70 bits per heavy atom. The normalized spacial score (nSPS) is 13.1. The minimum absolute atomic E-state index is 0.0525. The van der Waals surface area contributed by atoms with Gasteiger partial charge in [0.05, 0.1) is 6.04 Å². The van der Waals surface area contributed by atoms with E-state index in [-0.39, 0.29) is 11.8 Å². The van der Waals surface area contributed by atoms with Gasteiger partial charge in [0.15, 0.2) is 5.78 Å². The summed E-state index contributed by atoms with van der Waals surface area (Å²) in [4.78, 5) is 11.1. The summed E-state index contributed by atoms with van der Waals surface area (Å²) in [7, 11) is 1.79. The third kappa shape index (κ3) is 3.22. The van der Waals surface area contributed by atoms with E-state index in [1.807, 2.05) is 6.92 Å². The Kier molecular flexibility index (Phi) is 5.73. The first-order chi connectivity index (χ1) is 4.76. The molecule has 0 saturated carbocycles. The molecule has 0 spiro atoms. The Hall–Kier alpha value is -0.0200. The monoisotopic (exact) mass is 161 g/mol. The predicted molar refractivity (Wildman–Crippen MR) is 46.6 cm³/mol. The van der Waals surface area contributed by atoms with Crippen LogP contribution in [0.4, 0.5) is 0 Å². The molecule has 0 bridgehead atoms. The Morgan fingerprint density at radius 3 is 2.60 bits per heavy atom. The minimum atomic E-state index is -0.0525. The molecule has 0 rings (SSSR count). The van der Waals surface area contributed by atoms with Crippen LogP contribution in [0.25, 0.3) is 0 Å². The van der Waals surface area contributed by atoms with Gasteiger partial charge in [-0.25, -0.2) is 0 Å². The largest absolute Gasteiger partial charge is 0.310 e. The number of hydrogen-bond acceptors (Lipinski definition) is 3. The van der Waals surface area contributed by atoms with Gasteiger partial charge < -0.3 is 5.32 Å². The summed E-state index contributed by atoms with van der Waals surface area (Å²) in [5.74, 6) is 0.856. The second-order valence-corrected chi connectivity index (χ2v) is 2.61. The Balaban J connectivity index is 3.65. The molecule has 0 saturated heterocycles. The van der Waals surface area contributed by atoms with Crippen LogP contribution in [0.2, 0.25) is 0 Å². The van der Waals surface area contributed by atoms with Crippen LogP contribution in [0.15, 0.2) is 0 Å². The van der Waals surface area contributed by atoms with Gasteiger partial charge in [-0.3, -0.25) is 4.79 Å². The number of thiol groups is 1. The highest BCUT2D eigenvalue weighted by atomic mass is 32.1. The van der Waals surface area contributed by atoms with E-state index < -0.39 is 0 Å². The molecule has 0 amide bonds. The molecule has 0 radical (unpaired) electrons. The van der Waals surface area contributed by atoms with Crippen molar-refractivity contribution in [3.8, 4) is 0 Å². The molecule has 10 heavy (non-hydrogen) atoms. The zero-order valence-electron chi connectivity index (χ0n) is 6.55. The van der Waals surface area contributed by atoms with Crippen LogP contribution in [0.1, 0.15) is 19.8 Å². The van der Waals surface area contributed by atoms with Crippen molar-refractivity contribution in [3.05, 3.63) is 0 Å². The number of ketones is 1. The van der Waals surface area contributed by atoms with E-state index >= 15 is 0 Å². The van der Waals surface area contributed by atoms with Gasteiger partial charge in [0.1, 0.15) is 0 Å². The summed E-state index contributed by atoms with van der Waals surface area (Å²) in [6.45, 7) is 2.00. The van der Waals surface area contributed by atoms with E-state index in [0.717, 1.165) is 6.42 Å². The molecular weight excluding hydrogens is 146 g/mol. The zero-order valence-corrected chi connectivity index (χ0v) is 7.45. The van der Waals surface area contributed by atoms with E-state index in [1.54, 1.807) is 7.05 Å². The summed E-state index contributed by atoms with van der Waals surface area (Å²) >= 11 is 4.04. The zero-order chi connectivity index (χ0) is 7.98. The fourth-order valence-electron chi connectivity index (χ4n) is 0.775. The van der Waals surface area contributed by atoms with Gasteiger partial charge in [-0.1, -0.05) is 6.92 Å². The molecule has 0 aliphatic carbocycles. The minimum Gasteiger partial charge on any atom is -0.310 e. The van der Waals surface area contributed by atoms with Crippen molar-refractivity contribution in [1.82, 2.24) is 5.32 Å². The molecule has 2 nitrogen and oxygen atoms in total. The maximum absolute atomic E-state index is 11.1. The lowest BCUT2D eigenvalue weighted by atomic mass is 10.1. The van der Waals surface area contributed by atoms with Crippen molar-refractivity contribution in [3.63, 3.8) is 0 Å². The fraction of sp³-hybridized carbons (Fsp3) is 0.857. The Labute approximate surface area is 67.8 Å². The molecule has 0 fully saturated rings. The van der Waals surface area contributed by atoms with Crippen molar-refractivity contribution in [2.24, 2.45) is 0 Å². The lowest BCUT2D eigenvalue weighted by Gasteiger charge is -2.10. The summed E-state index contributed by atoms with van der Waals surface area (Å²) in [5.41, 5.74) is 0. The first-order valence-corrected chi connectivity index (χ1v) is 4.20. The second kappa shape index (κ2) is 5.74. The number of carbonyl (C=O) groups is 1. The Bertz CT molecular complexity index is 102. The number of hydrogen-bond donors (Lipinski definition) is 2. The van der Waals surface area contributed by atoms with Crippen molar-refractivity contribution >= 4 is 18.4 Å². The van der Waals surface area contributed by atoms with E-state index in [2.05, 4.69) is 17.9 Å². The summed E-state index contributed by atoms with van der Waals surface area (Å²) in [6.07, 6.45) is 1.58. The predicted octanol–water partition coefficient (Wildman–Crippen LogP) is 0.873. The van der Waals surface area contributed by atoms with Gasteiger partial charge in [-0.05, 0) is 13.5 Å². The molecule has 0 aliphatic heterocycles. The average molecular weight is 161 g/mol. The highest BCUT2D eigenvalue weighted by molar-refractivity contribution is 7.80. The molecule has 0 aromatic heterocycles. The van der Waals surface area contributed by atoms with Crippen molar-refractivity contribution < 1.29 is 4.79 Å². The third-order valence-corrected chi connectivity index (χ3v) is 1.78. The van der Waals surface area contributed by atoms with Crippen molar-refractivity contribution in [2.45, 2.75) is 25.8 Å². The number of Topliss-reactive ketones (excluding diaryl/α,β-unsaturated/α-hetero) is 1.